The third kappa shape index (κ3) is 3.64. The van der Waals surface area contributed by atoms with Gasteiger partial charge in [0.2, 0.25) is 0 Å². The lowest BCUT2D eigenvalue weighted by molar-refractivity contribution is 0.271. The molecular formula is C22H22FN3OS. The summed E-state index contributed by atoms with van der Waals surface area (Å²) in [5.41, 5.74) is 1.77. The first-order chi connectivity index (χ1) is 13.7. The van der Waals surface area contributed by atoms with Crippen molar-refractivity contribution in [3.63, 3.8) is 0 Å². The Morgan fingerprint density at radius 2 is 1.96 bits per heavy atom. The second-order valence-electron chi connectivity index (χ2n) is 6.88. The number of hydrogen-bond acceptors (Lipinski definition) is 3. The Kier molecular flexibility index (Phi) is 5.39. The highest BCUT2D eigenvalue weighted by Gasteiger charge is 2.41. The van der Waals surface area contributed by atoms with Crippen molar-refractivity contribution in [1.82, 2.24) is 15.2 Å². The van der Waals surface area contributed by atoms with Gasteiger partial charge in [-0.05, 0) is 67.2 Å². The van der Waals surface area contributed by atoms with Gasteiger partial charge in [-0.15, -0.1) is 0 Å². The fraction of sp³-hybridized carbons (Fsp3) is 0.273. The highest BCUT2D eigenvalue weighted by Crippen LogP contribution is 2.40. The smallest absolute Gasteiger partial charge is 0.170 e. The highest BCUT2D eigenvalue weighted by molar-refractivity contribution is 7.80. The molecule has 2 unspecified atom stereocenters. The molecule has 0 amide bonds. The van der Waals surface area contributed by atoms with Gasteiger partial charge in [0, 0.05) is 18.3 Å². The van der Waals surface area contributed by atoms with E-state index in [-0.39, 0.29) is 17.9 Å². The molecule has 1 aliphatic rings. The molecule has 0 saturated carbocycles. The maximum atomic E-state index is 13.2. The molecule has 0 radical (unpaired) electrons. The van der Waals surface area contributed by atoms with Crippen LogP contribution in [0.3, 0.4) is 0 Å². The van der Waals surface area contributed by atoms with Gasteiger partial charge >= 0.3 is 0 Å². The summed E-state index contributed by atoms with van der Waals surface area (Å²) in [6, 6.07) is 15.9. The summed E-state index contributed by atoms with van der Waals surface area (Å²) in [6.07, 6.45) is 3.91. The van der Waals surface area contributed by atoms with Gasteiger partial charge in [-0.1, -0.05) is 19.4 Å². The molecule has 1 aromatic carbocycles. The van der Waals surface area contributed by atoms with Crippen molar-refractivity contribution in [1.29, 1.82) is 0 Å². The van der Waals surface area contributed by atoms with Gasteiger partial charge in [-0.2, -0.15) is 0 Å². The van der Waals surface area contributed by atoms with E-state index >= 15 is 0 Å². The van der Waals surface area contributed by atoms with Crippen molar-refractivity contribution in [2.24, 2.45) is 0 Å². The number of halogens is 1. The summed E-state index contributed by atoms with van der Waals surface area (Å²) >= 11 is 5.63. The number of benzene rings is 1. The Hall–Kier alpha value is -2.73. The summed E-state index contributed by atoms with van der Waals surface area (Å²) in [4.78, 5) is 6.71. The molecule has 4 rings (SSSR count). The van der Waals surface area contributed by atoms with Gasteiger partial charge in [0.15, 0.2) is 5.11 Å². The molecule has 2 aromatic heterocycles. The van der Waals surface area contributed by atoms with Crippen LogP contribution in [-0.2, 0) is 0 Å². The number of nitrogens with zero attached hydrogens (tertiary/aromatic N) is 2. The summed E-state index contributed by atoms with van der Waals surface area (Å²) in [5.74, 6) is 1.27. The van der Waals surface area contributed by atoms with E-state index in [9.17, 15) is 4.39 Å². The van der Waals surface area contributed by atoms with Crippen LogP contribution in [0.2, 0.25) is 0 Å². The monoisotopic (exact) mass is 395 g/mol. The third-order valence-corrected chi connectivity index (χ3v) is 5.35. The average molecular weight is 396 g/mol. The maximum Gasteiger partial charge on any atom is 0.170 e. The van der Waals surface area contributed by atoms with Crippen LogP contribution in [0.25, 0.3) is 11.3 Å². The molecule has 1 N–H and O–H groups in total. The minimum Gasteiger partial charge on any atom is -0.459 e. The fourth-order valence-electron chi connectivity index (χ4n) is 3.56. The normalized spacial score (nSPS) is 19.1. The zero-order chi connectivity index (χ0) is 19.5. The van der Waals surface area contributed by atoms with Crippen LogP contribution in [0.4, 0.5) is 4.39 Å². The molecule has 1 aliphatic heterocycles. The predicted molar refractivity (Wildman–Crippen MR) is 111 cm³/mol. The minimum absolute atomic E-state index is 0.0804. The zero-order valence-corrected chi connectivity index (χ0v) is 16.5. The largest absolute Gasteiger partial charge is 0.459 e. The molecule has 0 bridgehead atoms. The van der Waals surface area contributed by atoms with Crippen molar-refractivity contribution in [3.8, 4) is 11.3 Å². The molecule has 144 valence electrons. The van der Waals surface area contributed by atoms with Crippen molar-refractivity contribution < 1.29 is 8.81 Å². The summed E-state index contributed by atoms with van der Waals surface area (Å²) < 4.78 is 19.5. The van der Waals surface area contributed by atoms with Crippen LogP contribution in [0.1, 0.15) is 43.3 Å². The molecule has 1 fully saturated rings. The first-order valence-corrected chi connectivity index (χ1v) is 9.92. The lowest BCUT2D eigenvalue weighted by Gasteiger charge is -2.25. The second-order valence-corrected chi connectivity index (χ2v) is 7.27. The van der Waals surface area contributed by atoms with Crippen LogP contribution < -0.4 is 5.32 Å². The van der Waals surface area contributed by atoms with Crippen LogP contribution in [0.15, 0.2) is 65.2 Å². The number of nitrogens with one attached hydrogen (secondary N) is 1. The number of thiocarbonyl (C=S) groups is 1. The standard InChI is InChI=1S/C22H22FN3OS/c1-2-3-14-26-21(20(25-22(26)28)17-6-4-5-13-24-17)19-12-11-18(27-19)15-7-9-16(23)10-8-15/h4-13,20-21H,2-3,14H2,1H3,(H,25,28). The zero-order valence-electron chi connectivity index (χ0n) is 15.6. The van der Waals surface area contributed by atoms with Crippen LogP contribution in [0.5, 0.6) is 0 Å². The number of rotatable bonds is 6. The van der Waals surface area contributed by atoms with Crippen molar-refractivity contribution >= 4 is 17.3 Å². The lowest BCUT2D eigenvalue weighted by Crippen LogP contribution is -2.30. The highest BCUT2D eigenvalue weighted by atomic mass is 32.1. The Morgan fingerprint density at radius 1 is 1.14 bits per heavy atom. The van der Waals surface area contributed by atoms with Crippen LogP contribution >= 0.6 is 12.2 Å². The number of aromatic nitrogens is 1. The Balaban J connectivity index is 1.70. The predicted octanol–water partition coefficient (Wildman–Crippen LogP) is 5.25. The Bertz CT molecular complexity index is 942. The van der Waals surface area contributed by atoms with E-state index in [2.05, 4.69) is 22.1 Å². The topological polar surface area (TPSA) is 41.3 Å². The molecule has 3 heterocycles. The molecule has 1 saturated heterocycles. The van der Waals surface area contributed by atoms with E-state index < -0.39 is 0 Å². The van der Waals surface area contributed by atoms with E-state index in [1.807, 2.05) is 30.3 Å². The van der Waals surface area contributed by atoms with Gasteiger partial charge < -0.3 is 14.6 Å². The SMILES string of the molecule is CCCCN1C(=S)NC(c2ccccn2)C1c1ccc(-c2ccc(F)cc2)o1. The molecule has 0 spiro atoms. The number of hydrogen-bond donors (Lipinski definition) is 1. The Labute approximate surface area is 169 Å². The van der Waals surface area contributed by atoms with Crippen LogP contribution in [-0.4, -0.2) is 21.5 Å². The second kappa shape index (κ2) is 8.10. The van der Waals surface area contributed by atoms with E-state index in [0.717, 1.165) is 36.4 Å². The Morgan fingerprint density at radius 3 is 2.68 bits per heavy atom. The van der Waals surface area contributed by atoms with Gasteiger partial charge in [0.25, 0.3) is 0 Å². The maximum absolute atomic E-state index is 13.2. The van der Waals surface area contributed by atoms with Gasteiger partial charge in [-0.25, -0.2) is 4.39 Å². The number of unbranched alkanes of at least 4 members (excludes halogenated alkanes) is 1. The van der Waals surface area contributed by atoms with Gasteiger partial charge in [-0.3, -0.25) is 4.98 Å². The number of pyridine rings is 1. The van der Waals surface area contributed by atoms with Crippen molar-refractivity contribution in [2.75, 3.05) is 6.54 Å². The fourth-order valence-corrected chi connectivity index (χ4v) is 3.90. The van der Waals surface area contributed by atoms with E-state index in [1.54, 1.807) is 18.3 Å². The van der Waals surface area contributed by atoms with E-state index in [1.165, 1.54) is 12.1 Å². The van der Waals surface area contributed by atoms with Gasteiger partial charge in [0.05, 0.1) is 11.7 Å². The van der Waals surface area contributed by atoms with E-state index in [4.69, 9.17) is 16.6 Å². The lowest BCUT2D eigenvalue weighted by atomic mass is 10.0. The first-order valence-electron chi connectivity index (χ1n) is 9.51. The van der Waals surface area contributed by atoms with Crippen LogP contribution in [0, 0.1) is 5.82 Å². The van der Waals surface area contributed by atoms with Gasteiger partial charge in [0.1, 0.15) is 23.4 Å². The third-order valence-electron chi connectivity index (χ3n) is 5.00. The molecule has 28 heavy (non-hydrogen) atoms. The minimum atomic E-state index is -0.262. The summed E-state index contributed by atoms with van der Waals surface area (Å²) in [7, 11) is 0. The summed E-state index contributed by atoms with van der Waals surface area (Å²) in [5, 5.41) is 4.14. The molecule has 4 nitrogen and oxygen atoms in total. The van der Waals surface area contributed by atoms with Crippen molar-refractivity contribution in [2.45, 2.75) is 31.8 Å². The molecule has 0 aliphatic carbocycles. The summed E-state index contributed by atoms with van der Waals surface area (Å²) in [6.45, 7) is 3.01. The molecule has 6 heteroatoms. The first kappa shape index (κ1) is 18.6. The molecule has 3 aromatic rings. The van der Waals surface area contributed by atoms with Crippen molar-refractivity contribution in [3.05, 3.63) is 78.1 Å². The number of furan rings is 1. The quantitative estimate of drug-likeness (QED) is 0.577. The van der Waals surface area contributed by atoms with E-state index in [0.29, 0.717) is 10.9 Å². The molecular weight excluding hydrogens is 373 g/mol. The molecule has 2 atom stereocenters. The average Bonchev–Trinajstić information content (AvgIpc) is 3.32.